The van der Waals surface area contributed by atoms with Crippen LogP contribution in [0.15, 0.2) is 23.4 Å². The van der Waals surface area contributed by atoms with E-state index < -0.39 is 5.60 Å². The van der Waals surface area contributed by atoms with Crippen molar-refractivity contribution in [3.63, 3.8) is 0 Å². The number of rotatable bonds is 3. The molecule has 2 rings (SSSR count). The number of thioether (sulfide) groups is 1. The highest BCUT2D eigenvalue weighted by atomic mass is 32.2. The molecule has 0 saturated carbocycles. The number of hydrogen-bond acceptors (Lipinski definition) is 4. The first-order valence-corrected chi connectivity index (χ1v) is 8.85. The minimum atomic E-state index is -0.426. The first-order valence-electron chi connectivity index (χ1n) is 7.87. The molecule has 0 spiro atoms. The fourth-order valence-electron chi connectivity index (χ4n) is 2.48. The fourth-order valence-corrected chi connectivity index (χ4v) is 3.57. The number of likely N-dealkylation sites (tertiary alicyclic amines) is 1. The van der Waals surface area contributed by atoms with Gasteiger partial charge < -0.3 is 9.64 Å². The van der Waals surface area contributed by atoms with E-state index in [1.165, 1.54) is 5.56 Å². The average Bonchev–Trinajstić information content (AvgIpc) is 2.44. The molecule has 0 N–H and O–H groups in total. The van der Waals surface area contributed by atoms with Crippen molar-refractivity contribution in [3.05, 3.63) is 23.9 Å². The molecule has 2 heterocycles. The molecule has 1 saturated heterocycles. The molecule has 0 bridgehead atoms. The summed E-state index contributed by atoms with van der Waals surface area (Å²) in [5.41, 5.74) is 0.807. The summed E-state index contributed by atoms with van der Waals surface area (Å²) < 4.78 is 5.47. The van der Waals surface area contributed by atoms with Crippen LogP contribution >= 0.6 is 11.8 Å². The van der Waals surface area contributed by atoms with E-state index in [0.717, 1.165) is 36.7 Å². The van der Waals surface area contributed by atoms with E-state index in [1.54, 1.807) is 11.8 Å². The van der Waals surface area contributed by atoms with Crippen molar-refractivity contribution in [2.45, 2.75) is 51.2 Å². The molecule has 0 aromatic carbocycles. The van der Waals surface area contributed by atoms with Gasteiger partial charge in [-0.05, 0) is 64.2 Å². The normalized spacial score (nSPS) is 19.1. The molecule has 1 amide bonds. The summed E-state index contributed by atoms with van der Waals surface area (Å²) in [7, 11) is 0. The lowest BCUT2D eigenvalue weighted by Crippen LogP contribution is -2.43. The number of amides is 1. The van der Waals surface area contributed by atoms with Crippen LogP contribution in [0.4, 0.5) is 4.79 Å². The van der Waals surface area contributed by atoms with Crippen LogP contribution in [-0.2, 0) is 4.74 Å². The first-order chi connectivity index (χ1) is 10.3. The number of carbonyl (C=O) groups is 1. The molecular weight excluding hydrogens is 296 g/mol. The lowest BCUT2D eigenvalue weighted by molar-refractivity contribution is 0.0177. The van der Waals surface area contributed by atoms with Gasteiger partial charge >= 0.3 is 6.09 Å². The molecule has 1 aliphatic rings. The quantitative estimate of drug-likeness (QED) is 0.785. The molecule has 0 unspecified atom stereocenters. The van der Waals surface area contributed by atoms with Gasteiger partial charge in [-0.25, -0.2) is 9.78 Å². The van der Waals surface area contributed by atoms with E-state index in [2.05, 4.69) is 18.0 Å². The molecule has 0 radical (unpaired) electrons. The lowest BCUT2D eigenvalue weighted by Gasteiger charge is -2.34. The van der Waals surface area contributed by atoms with Crippen LogP contribution in [0.1, 0.15) is 39.2 Å². The third-order valence-electron chi connectivity index (χ3n) is 3.53. The Kier molecular flexibility index (Phi) is 5.73. The van der Waals surface area contributed by atoms with E-state index in [1.807, 2.05) is 37.9 Å². The van der Waals surface area contributed by atoms with E-state index in [4.69, 9.17) is 4.74 Å². The third kappa shape index (κ3) is 5.52. The van der Waals surface area contributed by atoms with Crippen LogP contribution < -0.4 is 0 Å². The molecule has 22 heavy (non-hydrogen) atoms. The highest BCUT2D eigenvalue weighted by Gasteiger charge is 2.27. The number of nitrogens with zero attached hydrogens (tertiary/aromatic N) is 2. The number of piperidine rings is 1. The highest BCUT2D eigenvalue weighted by molar-refractivity contribution is 7.99. The average molecular weight is 322 g/mol. The third-order valence-corrected chi connectivity index (χ3v) is 4.69. The Bertz CT molecular complexity index is 514. The number of aromatic nitrogens is 1. The summed E-state index contributed by atoms with van der Waals surface area (Å²) in [5, 5.41) is 1.06. The van der Waals surface area contributed by atoms with E-state index in [-0.39, 0.29) is 6.09 Å². The molecular formula is C17H26N2O2S. The van der Waals surface area contributed by atoms with Gasteiger partial charge in [0, 0.05) is 25.0 Å². The maximum Gasteiger partial charge on any atom is 0.410 e. The summed E-state index contributed by atoms with van der Waals surface area (Å²) in [4.78, 5) is 18.4. The summed E-state index contributed by atoms with van der Waals surface area (Å²) in [5.74, 6) is 1.50. The van der Waals surface area contributed by atoms with Crippen molar-refractivity contribution in [2.24, 2.45) is 5.92 Å². The molecule has 0 aliphatic carbocycles. The molecule has 1 atom stereocenters. The highest BCUT2D eigenvalue weighted by Crippen LogP contribution is 2.26. The Morgan fingerprint density at radius 1 is 1.50 bits per heavy atom. The van der Waals surface area contributed by atoms with Gasteiger partial charge in [-0.2, -0.15) is 0 Å². The van der Waals surface area contributed by atoms with Gasteiger partial charge in [0.2, 0.25) is 0 Å². The smallest absolute Gasteiger partial charge is 0.410 e. The molecule has 1 fully saturated rings. The predicted octanol–water partition coefficient (Wildman–Crippen LogP) is 4.13. The van der Waals surface area contributed by atoms with Gasteiger partial charge in [-0.1, -0.05) is 0 Å². The van der Waals surface area contributed by atoms with E-state index in [9.17, 15) is 4.79 Å². The second kappa shape index (κ2) is 7.36. The van der Waals surface area contributed by atoms with Crippen molar-refractivity contribution in [2.75, 3.05) is 18.8 Å². The Balaban J connectivity index is 1.84. The summed E-state index contributed by atoms with van der Waals surface area (Å²) in [6.45, 7) is 9.39. The van der Waals surface area contributed by atoms with Crippen LogP contribution in [0, 0.1) is 12.8 Å². The second-order valence-corrected chi connectivity index (χ2v) is 7.96. The maximum absolute atomic E-state index is 12.2. The van der Waals surface area contributed by atoms with Gasteiger partial charge in [0.05, 0.1) is 5.03 Å². The zero-order valence-electron chi connectivity index (χ0n) is 14.0. The standard InChI is InChI=1S/C17H26N2O2S/c1-13-7-8-18-15(10-13)22-12-14-6-5-9-19(11-14)16(20)21-17(2,3)4/h7-8,10,14H,5-6,9,11-12H2,1-4H3/t14-/m1/s1. The van der Waals surface area contributed by atoms with Crippen LogP contribution in [0.25, 0.3) is 0 Å². The number of hydrogen-bond donors (Lipinski definition) is 0. The van der Waals surface area contributed by atoms with E-state index >= 15 is 0 Å². The number of carbonyl (C=O) groups excluding carboxylic acids is 1. The molecule has 1 aromatic heterocycles. The predicted molar refractivity (Wildman–Crippen MR) is 90.2 cm³/mol. The van der Waals surface area contributed by atoms with Gasteiger partial charge in [0.25, 0.3) is 0 Å². The Hall–Kier alpha value is -1.23. The summed E-state index contributed by atoms with van der Waals surface area (Å²) in [6, 6.07) is 4.12. The summed E-state index contributed by atoms with van der Waals surface area (Å²) in [6.07, 6.45) is 3.88. The Labute approximate surface area is 137 Å². The molecule has 4 nitrogen and oxygen atoms in total. The number of ether oxygens (including phenoxy) is 1. The zero-order chi connectivity index (χ0) is 16.2. The van der Waals surface area contributed by atoms with Gasteiger partial charge in [-0.15, -0.1) is 11.8 Å². The first kappa shape index (κ1) is 17.1. The minimum Gasteiger partial charge on any atom is -0.444 e. The minimum absolute atomic E-state index is 0.184. The molecule has 1 aliphatic heterocycles. The van der Waals surface area contributed by atoms with Gasteiger partial charge in [-0.3, -0.25) is 0 Å². The lowest BCUT2D eigenvalue weighted by atomic mass is 10.0. The van der Waals surface area contributed by atoms with Crippen LogP contribution in [0.5, 0.6) is 0 Å². The van der Waals surface area contributed by atoms with Gasteiger partial charge in [0.15, 0.2) is 0 Å². The fraction of sp³-hybridized carbons (Fsp3) is 0.647. The van der Waals surface area contributed by atoms with Crippen LogP contribution in [0.2, 0.25) is 0 Å². The SMILES string of the molecule is Cc1ccnc(SC[C@@H]2CCCN(C(=O)OC(C)(C)C)C2)c1. The van der Waals surface area contributed by atoms with Crippen LogP contribution in [-0.4, -0.2) is 40.4 Å². The number of aryl methyl sites for hydroxylation is 1. The molecule has 1 aromatic rings. The zero-order valence-corrected chi connectivity index (χ0v) is 14.8. The van der Waals surface area contributed by atoms with E-state index in [0.29, 0.717) is 5.92 Å². The summed E-state index contributed by atoms with van der Waals surface area (Å²) >= 11 is 1.78. The second-order valence-electron chi connectivity index (χ2n) is 6.92. The molecule has 122 valence electrons. The van der Waals surface area contributed by atoms with Crippen molar-refractivity contribution < 1.29 is 9.53 Å². The van der Waals surface area contributed by atoms with Gasteiger partial charge in [0.1, 0.15) is 5.60 Å². The van der Waals surface area contributed by atoms with Crippen LogP contribution in [0.3, 0.4) is 0 Å². The number of pyridine rings is 1. The molecule has 5 heteroatoms. The Morgan fingerprint density at radius 2 is 2.27 bits per heavy atom. The maximum atomic E-state index is 12.2. The van der Waals surface area contributed by atoms with Crippen molar-refractivity contribution in [1.82, 2.24) is 9.88 Å². The Morgan fingerprint density at radius 3 is 2.95 bits per heavy atom. The topological polar surface area (TPSA) is 42.4 Å². The van der Waals surface area contributed by atoms with Crippen molar-refractivity contribution in [3.8, 4) is 0 Å². The monoisotopic (exact) mass is 322 g/mol. The largest absolute Gasteiger partial charge is 0.444 e. The van der Waals surface area contributed by atoms with Crippen molar-refractivity contribution >= 4 is 17.9 Å². The van der Waals surface area contributed by atoms with Crippen molar-refractivity contribution in [1.29, 1.82) is 0 Å².